The fourth-order valence-corrected chi connectivity index (χ4v) is 5.57. The van der Waals surface area contributed by atoms with Crippen molar-refractivity contribution in [2.45, 2.75) is 33.0 Å². The van der Waals surface area contributed by atoms with Crippen molar-refractivity contribution in [1.82, 2.24) is 28.9 Å². The number of aromatic nitrogens is 4. The zero-order chi connectivity index (χ0) is 35.9. The summed E-state index contributed by atoms with van der Waals surface area (Å²) in [4.78, 5) is 49.0. The molecular weight excluding hydrogens is 646 g/mol. The average Bonchev–Trinajstić information content (AvgIpc) is 3.59. The molecule has 264 valence electrons. The van der Waals surface area contributed by atoms with Crippen LogP contribution in [0.1, 0.15) is 34.6 Å². The van der Waals surface area contributed by atoms with Crippen LogP contribution in [-0.4, -0.2) is 107 Å². The van der Waals surface area contributed by atoms with E-state index < -0.39 is 11.9 Å². The molecule has 0 unspecified atom stereocenters. The number of allylic oxidation sites excluding steroid dienone is 2. The number of ether oxygens (including phenoxy) is 4. The molecule has 4 aromatic rings. The molecule has 50 heavy (non-hydrogen) atoms. The molecule has 2 aromatic heterocycles. The lowest BCUT2D eigenvalue weighted by Gasteiger charge is -2.33. The van der Waals surface area contributed by atoms with E-state index in [9.17, 15) is 14.4 Å². The highest BCUT2D eigenvalue weighted by atomic mass is 16.6. The van der Waals surface area contributed by atoms with Gasteiger partial charge in [0.2, 0.25) is 17.8 Å². The molecular formula is C34H41N9O7. The number of piperazine rings is 1. The van der Waals surface area contributed by atoms with E-state index in [-0.39, 0.29) is 36.3 Å². The van der Waals surface area contributed by atoms with Gasteiger partial charge >= 0.3 is 12.1 Å². The third-order valence-electron chi connectivity index (χ3n) is 8.04. The molecule has 16 nitrogen and oxygen atoms in total. The van der Waals surface area contributed by atoms with E-state index in [1.165, 1.54) is 14.2 Å². The number of anilines is 2. The number of nitrogens with two attached hydrogens (primary N) is 3. The largest absolute Gasteiger partial charge is 0.494 e. The molecule has 0 radical (unpaired) electrons. The number of carbonyl (C=O) groups is 3. The van der Waals surface area contributed by atoms with Crippen molar-refractivity contribution in [3.63, 3.8) is 0 Å². The van der Waals surface area contributed by atoms with Gasteiger partial charge in [-0.05, 0) is 38.1 Å². The molecule has 1 aliphatic rings. The van der Waals surface area contributed by atoms with Crippen LogP contribution in [0.25, 0.3) is 22.1 Å². The number of esters is 1. The normalized spacial score (nSPS) is 13.5. The molecule has 3 heterocycles. The Morgan fingerprint density at radius 2 is 1.44 bits per heavy atom. The van der Waals surface area contributed by atoms with Gasteiger partial charge in [-0.2, -0.15) is 0 Å². The monoisotopic (exact) mass is 687 g/mol. The van der Waals surface area contributed by atoms with E-state index in [4.69, 9.17) is 36.1 Å². The molecule has 1 aliphatic heterocycles. The van der Waals surface area contributed by atoms with Gasteiger partial charge in [-0.15, -0.1) is 0 Å². The third-order valence-corrected chi connectivity index (χ3v) is 8.04. The molecule has 2 aromatic carbocycles. The van der Waals surface area contributed by atoms with Crippen LogP contribution in [0.5, 0.6) is 11.5 Å². The zero-order valence-electron chi connectivity index (χ0n) is 28.5. The number of imidazole rings is 2. The molecule has 1 fully saturated rings. The molecule has 0 spiro atoms. The number of primary amides is 1. The Balaban J connectivity index is 1.28. The van der Waals surface area contributed by atoms with Crippen molar-refractivity contribution in [2.75, 3.05) is 65.0 Å². The first-order chi connectivity index (χ1) is 24.0. The summed E-state index contributed by atoms with van der Waals surface area (Å²) in [5, 5.41) is 0. The van der Waals surface area contributed by atoms with Crippen LogP contribution in [0.15, 0.2) is 36.4 Å². The number of fused-ring (bicyclic) bond motifs is 2. The second-order valence-corrected chi connectivity index (χ2v) is 11.7. The van der Waals surface area contributed by atoms with Crippen LogP contribution in [0.2, 0.25) is 0 Å². The summed E-state index contributed by atoms with van der Waals surface area (Å²) >= 11 is 0. The van der Waals surface area contributed by atoms with Crippen LogP contribution in [0, 0.1) is 11.8 Å². The quantitative estimate of drug-likeness (QED) is 0.118. The fourth-order valence-electron chi connectivity index (χ4n) is 5.57. The van der Waals surface area contributed by atoms with Gasteiger partial charge < -0.3 is 50.2 Å². The van der Waals surface area contributed by atoms with Gasteiger partial charge in [0.1, 0.15) is 29.1 Å². The van der Waals surface area contributed by atoms with Crippen molar-refractivity contribution < 1.29 is 33.3 Å². The minimum Gasteiger partial charge on any atom is -0.494 e. The molecule has 0 aliphatic carbocycles. The summed E-state index contributed by atoms with van der Waals surface area (Å²) in [5.41, 5.74) is 20.8. The van der Waals surface area contributed by atoms with E-state index in [0.717, 1.165) is 0 Å². The minimum atomic E-state index is -0.633. The van der Waals surface area contributed by atoms with E-state index in [2.05, 4.69) is 26.7 Å². The van der Waals surface area contributed by atoms with E-state index in [1.54, 1.807) is 38.3 Å². The highest BCUT2D eigenvalue weighted by Gasteiger charge is 2.22. The van der Waals surface area contributed by atoms with Crippen molar-refractivity contribution in [1.29, 1.82) is 0 Å². The Morgan fingerprint density at radius 1 is 0.860 bits per heavy atom. The number of rotatable bonds is 11. The topological polar surface area (TPSA) is 208 Å². The van der Waals surface area contributed by atoms with Gasteiger partial charge in [0.05, 0.1) is 43.5 Å². The third kappa shape index (κ3) is 7.84. The van der Waals surface area contributed by atoms with Crippen molar-refractivity contribution in [3.05, 3.63) is 47.5 Å². The summed E-state index contributed by atoms with van der Waals surface area (Å²) in [7, 11) is 2.80. The van der Waals surface area contributed by atoms with Gasteiger partial charge in [0, 0.05) is 44.8 Å². The van der Waals surface area contributed by atoms with Gasteiger partial charge in [-0.3, -0.25) is 9.69 Å². The Labute approximate surface area is 288 Å². The molecule has 0 atom stereocenters. The number of nitrogens with zero attached hydrogens (tertiary/aromatic N) is 6. The molecule has 5 rings (SSSR count). The molecule has 0 bridgehead atoms. The Hall–Kier alpha value is -5.95. The summed E-state index contributed by atoms with van der Waals surface area (Å²) in [6.45, 7) is 7.37. The molecule has 6 N–H and O–H groups in total. The molecule has 0 saturated carbocycles. The van der Waals surface area contributed by atoms with Gasteiger partial charge in [0.15, 0.2) is 0 Å². The molecule has 16 heteroatoms. The lowest BCUT2D eigenvalue weighted by molar-refractivity contribution is 0.0588. The maximum absolute atomic E-state index is 12.1. The van der Waals surface area contributed by atoms with Crippen LogP contribution < -0.4 is 26.7 Å². The summed E-state index contributed by atoms with van der Waals surface area (Å²) in [5.74, 6) is 6.22. The summed E-state index contributed by atoms with van der Waals surface area (Å²) in [6.07, 6.45) is 3.31. The lowest BCUT2D eigenvalue weighted by Crippen LogP contribution is -2.49. The first-order valence-electron chi connectivity index (χ1n) is 15.9. The Morgan fingerprint density at radius 3 is 2.00 bits per heavy atom. The number of nitrogen functional groups attached to an aromatic ring is 2. The summed E-state index contributed by atoms with van der Waals surface area (Å²) in [6, 6.07) is 6.29. The van der Waals surface area contributed by atoms with Crippen LogP contribution in [0.3, 0.4) is 0 Å². The van der Waals surface area contributed by atoms with Crippen molar-refractivity contribution in [2.24, 2.45) is 5.73 Å². The zero-order valence-corrected chi connectivity index (χ0v) is 28.5. The highest BCUT2D eigenvalue weighted by molar-refractivity contribution is 5.99. The first-order valence-corrected chi connectivity index (χ1v) is 15.9. The number of methoxy groups -OCH3 is 2. The highest BCUT2D eigenvalue weighted by Crippen LogP contribution is 2.31. The lowest BCUT2D eigenvalue weighted by atomic mass is 10.1. The van der Waals surface area contributed by atoms with Crippen LogP contribution in [0.4, 0.5) is 16.7 Å². The van der Waals surface area contributed by atoms with Gasteiger partial charge in [-0.25, -0.2) is 19.6 Å². The number of amides is 2. The second-order valence-electron chi connectivity index (χ2n) is 11.7. The van der Waals surface area contributed by atoms with E-state index in [1.807, 2.05) is 26.0 Å². The fraction of sp³-hybridized carbons (Fsp3) is 0.382. The SMILES string of the molecule is COC(=O)c1cc(OC)c2c(c1)nc(N)n2C/C=C/Cn1c(N)nc2cc(C(N)=O)cc(OCC#CCN3CCN(C(=O)OC(C)C)CC3)c21. The maximum atomic E-state index is 12.1. The predicted molar refractivity (Wildman–Crippen MR) is 187 cm³/mol. The molecule has 1 saturated heterocycles. The number of benzene rings is 2. The number of carbonyl (C=O) groups excluding carboxylic acids is 3. The Kier molecular flexibility index (Phi) is 11.0. The van der Waals surface area contributed by atoms with Gasteiger partial charge in [0.25, 0.3) is 0 Å². The van der Waals surface area contributed by atoms with Crippen molar-refractivity contribution >= 4 is 51.9 Å². The smallest absolute Gasteiger partial charge is 0.410 e. The van der Waals surface area contributed by atoms with Crippen LogP contribution in [-0.2, 0) is 22.6 Å². The van der Waals surface area contributed by atoms with Gasteiger partial charge in [-0.1, -0.05) is 24.0 Å². The minimum absolute atomic E-state index is 0.0470. The second kappa shape index (κ2) is 15.5. The summed E-state index contributed by atoms with van der Waals surface area (Å²) < 4.78 is 25.2. The van der Waals surface area contributed by atoms with Crippen molar-refractivity contribution in [3.8, 4) is 23.3 Å². The predicted octanol–water partition coefficient (Wildman–Crippen LogP) is 2.25. The molecule has 2 amide bonds. The Bertz CT molecular complexity index is 2000. The first kappa shape index (κ1) is 35.4. The number of hydrogen-bond donors (Lipinski definition) is 3. The van der Waals surface area contributed by atoms with E-state index in [0.29, 0.717) is 84.9 Å². The standard InChI is InChI=1S/C34H41N9O7/c1-21(2)50-34(46)41-14-12-40(13-15-41)9-7-8-16-49-27-19-22(30(35)44)17-24-29(27)43(33(37)38-24)11-6-5-10-42-28-25(39-32(42)36)18-23(31(45)48-4)20-26(28)47-3/h5-6,17-21H,9-16H2,1-4H3,(H2,35,44)(H2,36,39)(H2,37,38)/b6-5+. The number of hydrogen-bond acceptors (Lipinski definition) is 12. The van der Waals surface area contributed by atoms with Crippen LogP contribution >= 0.6 is 0 Å². The van der Waals surface area contributed by atoms with E-state index >= 15 is 0 Å². The average molecular weight is 688 g/mol. The maximum Gasteiger partial charge on any atom is 0.410 e.